The van der Waals surface area contributed by atoms with E-state index in [1.807, 2.05) is 0 Å². The molecule has 0 aliphatic heterocycles. The first kappa shape index (κ1) is 18.8. The first-order chi connectivity index (χ1) is 12.9. The maximum absolute atomic E-state index is 13.8. The number of amides is 2. The first-order valence-corrected chi connectivity index (χ1v) is 9.34. The van der Waals surface area contributed by atoms with Gasteiger partial charge in [0.15, 0.2) is 0 Å². The van der Waals surface area contributed by atoms with E-state index in [4.69, 9.17) is 5.73 Å². The zero-order chi connectivity index (χ0) is 19.6. The maximum atomic E-state index is 13.8. The molecule has 0 spiro atoms. The number of nitriles is 1. The topological polar surface area (TPSA) is 96.0 Å². The lowest BCUT2D eigenvalue weighted by atomic mass is 9.88. The molecule has 0 saturated heterocycles. The van der Waals surface area contributed by atoms with Gasteiger partial charge in [-0.3, -0.25) is 9.59 Å². The van der Waals surface area contributed by atoms with Crippen molar-refractivity contribution in [3.8, 4) is 6.07 Å². The normalized spacial score (nSPS) is 16.3. The number of rotatable bonds is 4. The van der Waals surface area contributed by atoms with Crippen LogP contribution in [0, 0.1) is 23.1 Å². The van der Waals surface area contributed by atoms with E-state index in [2.05, 4.69) is 12.2 Å². The lowest BCUT2D eigenvalue weighted by molar-refractivity contribution is -0.112. The minimum absolute atomic E-state index is 0.138. The number of benzene rings is 1. The number of carbonyl (C=O) groups excluding carboxylic acids is 2. The third-order valence-electron chi connectivity index (χ3n) is 4.56. The van der Waals surface area contributed by atoms with Crippen LogP contribution >= 0.6 is 11.3 Å². The Labute approximate surface area is 160 Å². The van der Waals surface area contributed by atoms with E-state index in [-0.39, 0.29) is 11.1 Å². The summed E-state index contributed by atoms with van der Waals surface area (Å²) >= 11 is 1.32. The molecule has 1 aromatic heterocycles. The van der Waals surface area contributed by atoms with E-state index in [0.717, 1.165) is 29.7 Å². The van der Waals surface area contributed by atoms with Crippen LogP contribution in [0.15, 0.2) is 29.8 Å². The molecular weight excluding hydrogens is 365 g/mol. The van der Waals surface area contributed by atoms with Crippen LogP contribution in [0.1, 0.15) is 39.7 Å². The van der Waals surface area contributed by atoms with Crippen LogP contribution in [0.3, 0.4) is 0 Å². The Hall–Kier alpha value is -2.98. The van der Waals surface area contributed by atoms with E-state index in [1.54, 1.807) is 12.1 Å². The summed E-state index contributed by atoms with van der Waals surface area (Å²) in [5.41, 5.74) is 6.62. The maximum Gasteiger partial charge on any atom is 0.266 e. The zero-order valence-electron chi connectivity index (χ0n) is 14.7. The highest BCUT2D eigenvalue weighted by molar-refractivity contribution is 7.17. The van der Waals surface area contributed by atoms with Crippen molar-refractivity contribution in [2.45, 2.75) is 26.2 Å². The number of hydrogen-bond donors (Lipinski definition) is 2. The molecule has 1 aromatic carbocycles. The van der Waals surface area contributed by atoms with Crippen LogP contribution in [0.5, 0.6) is 0 Å². The Morgan fingerprint density at radius 2 is 2.15 bits per heavy atom. The lowest BCUT2D eigenvalue weighted by Crippen LogP contribution is -2.19. The predicted molar refractivity (Wildman–Crippen MR) is 103 cm³/mol. The fraction of sp³-hybridized carbons (Fsp3) is 0.250. The SMILES string of the molecule is C[C@H]1CCc2c(sc(NC(=O)/C(C#N)=C/c3ccccc3F)c2C(N)=O)C1. The van der Waals surface area contributed by atoms with Gasteiger partial charge in [0.1, 0.15) is 22.5 Å². The van der Waals surface area contributed by atoms with Crippen molar-refractivity contribution < 1.29 is 14.0 Å². The number of thiophene rings is 1. The van der Waals surface area contributed by atoms with Crippen molar-refractivity contribution in [1.29, 1.82) is 5.26 Å². The minimum Gasteiger partial charge on any atom is -0.365 e. The van der Waals surface area contributed by atoms with Gasteiger partial charge < -0.3 is 11.1 Å². The number of nitrogens with zero attached hydrogens (tertiary/aromatic N) is 1. The molecule has 2 amide bonds. The second kappa shape index (κ2) is 7.72. The molecule has 1 atom stereocenters. The molecule has 3 rings (SSSR count). The Morgan fingerprint density at radius 1 is 1.41 bits per heavy atom. The molecule has 0 bridgehead atoms. The van der Waals surface area contributed by atoms with Gasteiger partial charge in [-0.25, -0.2) is 4.39 Å². The zero-order valence-corrected chi connectivity index (χ0v) is 15.5. The van der Waals surface area contributed by atoms with Gasteiger partial charge in [0.2, 0.25) is 0 Å². The standard InChI is InChI=1S/C20H18FN3O2S/c1-11-6-7-14-16(8-11)27-20(17(14)18(23)25)24-19(26)13(10-22)9-12-4-2-3-5-15(12)21/h2-5,9,11H,6-8H2,1H3,(H2,23,25)(H,24,26)/b13-9+/t11-/m0/s1. The molecule has 1 aliphatic carbocycles. The number of anilines is 1. The fourth-order valence-electron chi connectivity index (χ4n) is 3.17. The van der Waals surface area contributed by atoms with Crippen molar-refractivity contribution in [3.63, 3.8) is 0 Å². The summed E-state index contributed by atoms with van der Waals surface area (Å²) < 4.78 is 13.8. The Kier molecular flexibility index (Phi) is 5.38. The van der Waals surface area contributed by atoms with Crippen LogP contribution in [0.4, 0.5) is 9.39 Å². The Balaban J connectivity index is 1.93. The van der Waals surface area contributed by atoms with Crippen molar-refractivity contribution in [1.82, 2.24) is 0 Å². The molecule has 0 radical (unpaired) electrons. The molecule has 0 unspecified atom stereocenters. The molecule has 1 aliphatic rings. The summed E-state index contributed by atoms with van der Waals surface area (Å²) in [5.74, 6) is -1.34. The van der Waals surface area contributed by atoms with Crippen LogP contribution < -0.4 is 11.1 Å². The van der Waals surface area contributed by atoms with E-state index in [0.29, 0.717) is 16.5 Å². The van der Waals surface area contributed by atoms with Crippen molar-refractivity contribution in [2.75, 3.05) is 5.32 Å². The van der Waals surface area contributed by atoms with Gasteiger partial charge in [0.05, 0.1) is 5.56 Å². The molecule has 1 heterocycles. The molecule has 5 nitrogen and oxygen atoms in total. The molecule has 0 saturated carbocycles. The average molecular weight is 383 g/mol. The van der Waals surface area contributed by atoms with Crippen molar-refractivity contribution >= 4 is 34.2 Å². The molecule has 27 heavy (non-hydrogen) atoms. The quantitative estimate of drug-likeness (QED) is 0.623. The second-order valence-corrected chi connectivity index (χ2v) is 7.67. The van der Waals surface area contributed by atoms with Gasteiger partial charge in [-0.15, -0.1) is 11.3 Å². The monoisotopic (exact) mass is 383 g/mol. The first-order valence-electron chi connectivity index (χ1n) is 8.52. The summed E-state index contributed by atoms with van der Waals surface area (Å²) in [5, 5.41) is 12.3. The van der Waals surface area contributed by atoms with E-state index in [9.17, 15) is 19.2 Å². The van der Waals surface area contributed by atoms with E-state index >= 15 is 0 Å². The largest absolute Gasteiger partial charge is 0.365 e. The number of nitrogens with one attached hydrogen (secondary N) is 1. The minimum atomic E-state index is -0.699. The number of fused-ring (bicyclic) bond motifs is 1. The Bertz CT molecular complexity index is 988. The third kappa shape index (κ3) is 3.91. The summed E-state index contributed by atoms with van der Waals surface area (Å²) in [6.45, 7) is 2.13. The van der Waals surface area contributed by atoms with E-state index in [1.165, 1.54) is 35.6 Å². The highest BCUT2D eigenvalue weighted by Gasteiger charge is 2.27. The summed E-state index contributed by atoms with van der Waals surface area (Å²) in [6, 6.07) is 7.64. The molecule has 2 aromatic rings. The molecule has 0 fully saturated rings. The summed E-state index contributed by atoms with van der Waals surface area (Å²) in [6.07, 6.45) is 3.70. The fourth-order valence-corrected chi connectivity index (χ4v) is 4.58. The number of hydrogen-bond acceptors (Lipinski definition) is 4. The highest BCUT2D eigenvalue weighted by Crippen LogP contribution is 2.39. The highest BCUT2D eigenvalue weighted by atomic mass is 32.1. The Morgan fingerprint density at radius 3 is 2.81 bits per heavy atom. The number of primary amides is 1. The molecule has 3 N–H and O–H groups in total. The number of halogens is 1. The molecule has 138 valence electrons. The van der Waals surface area contributed by atoms with Crippen LogP contribution in [-0.2, 0) is 17.6 Å². The van der Waals surface area contributed by atoms with Gasteiger partial charge in [-0.05, 0) is 42.9 Å². The van der Waals surface area contributed by atoms with Gasteiger partial charge in [0, 0.05) is 10.4 Å². The lowest BCUT2D eigenvalue weighted by Gasteiger charge is -2.18. The summed E-state index contributed by atoms with van der Waals surface area (Å²) in [4.78, 5) is 25.5. The average Bonchev–Trinajstić information content (AvgIpc) is 2.97. The smallest absolute Gasteiger partial charge is 0.266 e. The molecular formula is C20H18FN3O2S. The number of carbonyl (C=O) groups is 2. The van der Waals surface area contributed by atoms with Crippen molar-refractivity contribution in [3.05, 3.63) is 57.2 Å². The predicted octanol–water partition coefficient (Wildman–Crippen LogP) is 3.66. The number of nitrogens with two attached hydrogens (primary N) is 1. The van der Waals surface area contributed by atoms with Crippen molar-refractivity contribution in [2.24, 2.45) is 11.7 Å². The van der Waals surface area contributed by atoms with Gasteiger partial charge in [-0.2, -0.15) is 5.26 Å². The van der Waals surface area contributed by atoms with Crippen LogP contribution in [0.25, 0.3) is 6.08 Å². The van der Waals surface area contributed by atoms with Crippen LogP contribution in [0.2, 0.25) is 0 Å². The van der Waals surface area contributed by atoms with E-state index < -0.39 is 17.6 Å². The summed E-state index contributed by atoms with van der Waals surface area (Å²) in [7, 11) is 0. The third-order valence-corrected chi connectivity index (χ3v) is 5.73. The molecule has 7 heteroatoms. The van der Waals surface area contributed by atoms with Crippen LogP contribution in [-0.4, -0.2) is 11.8 Å². The van der Waals surface area contributed by atoms with Gasteiger partial charge in [0.25, 0.3) is 11.8 Å². The van der Waals surface area contributed by atoms with Gasteiger partial charge >= 0.3 is 0 Å². The van der Waals surface area contributed by atoms with Gasteiger partial charge in [-0.1, -0.05) is 25.1 Å². The second-order valence-electron chi connectivity index (χ2n) is 6.57.